The monoisotopic (exact) mass is 304 g/mol. The number of ether oxygens (including phenoxy) is 1. The zero-order valence-electron chi connectivity index (χ0n) is 11.8. The van der Waals surface area contributed by atoms with Gasteiger partial charge in [-0.3, -0.25) is 0 Å². The fraction of sp³-hybridized carbons (Fsp3) is 0.583. The third-order valence-electron chi connectivity index (χ3n) is 3.28. The molecular weight excluding hydrogens is 284 g/mol. The van der Waals surface area contributed by atoms with Gasteiger partial charge in [-0.15, -0.1) is 0 Å². The summed E-state index contributed by atoms with van der Waals surface area (Å²) < 4.78 is 35.8. The minimum Gasteiger partial charge on any atom is -0.465 e. The molecule has 3 N–H and O–H groups in total. The van der Waals surface area contributed by atoms with Gasteiger partial charge in [0.2, 0.25) is 5.09 Å². The smallest absolute Gasteiger partial charge is 0.341 e. The number of hydrogen-bond acceptors (Lipinski definition) is 6. The maximum Gasteiger partial charge on any atom is 0.341 e. The summed E-state index contributed by atoms with van der Waals surface area (Å²) in [5, 5.41) is -0.340. The Morgan fingerprint density at radius 2 is 2.05 bits per heavy atom. The fourth-order valence-corrected chi connectivity index (χ4v) is 2.57. The molecule has 20 heavy (non-hydrogen) atoms. The van der Waals surface area contributed by atoms with E-state index in [9.17, 15) is 13.2 Å². The highest BCUT2D eigenvalue weighted by Gasteiger charge is 2.26. The predicted octanol–water partition coefficient (Wildman–Crippen LogP) is 0.862. The number of methoxy groups -OCH3 is 1. The molecule has 0 saturated carbocycles. The molecule has 0 aliphatic carbocycles. The van der Waals surface area contributed by atoms with Gasteiger partial charge in [0.05, 0.1) is 12.7 Å². The second-order valence-corrected chi connectivity index (χ2v) is 6.24. The average Bonchev–Trinajstić information content (AvgIpc) is 2.94. The first-order chi connectivity index (χ1) is 9.28. The first-order valence-corrected chi connectivity index (χ1v) is 7.71. The van der Waals surface area contributed by atoms with Crippen molar-refractivity contribution in [2.75, 3.05) is 13.7 Å². The standard InChI is InChI=1S/C12H20N2O5S/c1-4-12(13,5-2)8-14-20(16,17)10-6-9(7-19-10)11(15)18-3/h6-7,14H,4-5,8,13H2,1-3H3. The van der Waals surface area contributed by atoms with Gasteiger partial charge in [-0.2, -0.15) is 0 Å². The van der Waals surface area contributed by atoms with Gasteiger partial charge in [-0.05, 0) is 12.8 Å². The maximum absolute atomic E-state index is 12.0. The number of nitrogens with one attached hydrogen (secondary N) is 1. The van der Waals surface area contributed by atoms with Crippen molar-refractivity contribution in [1.82, 2.24) is 4.72 Å². The van der Waals surface area contributed by atoms with Gasteiger partial charge in [0, 0.05) is 18.2 Å². The van der Waals surface area contributed by atoms with E-state index in [0.717, 1.165) is 12.3 Å². The Balaban J connectivity index is 2.84. The molecule has 1 heterocycles. The molecule has 114 valence electrons. The highest BCUT2D eigenvalue weighted by atomic mass is 32.2. The molecule has 8 heteroatoms. The fourth-order valence-electron chi connectivity index (χ4n) is 1.49. The molecule has 1 aromatic heterocycles. The first-order valence-electron chi connectivity index (χ1n) is 6.23. The summed E-state index contributed by atoms with van der Waals surface area (Å²) in [7, 11) is -2.64. The molecule has 0 saturated heterocycles. The molecule has 0 bridgehead atoms. The van der Waals surface area contributed by atoms with Gasteiger partial charge in [0.25, 0.3) is 10.0 Å². The third kappa shape index (κ3) is 3.81. The van der Waals surface area contributed by atoms with Gasteiger partial charge in [0.1, 0.15) is 6.26 Å². The minimum absolute atomic E-state index is 0.0397. The molecule has 0 spiro atoms. The Morgan fingerprint density at radius 3 is 2.55 bits per heavy atom. The molecule has 0 aromatic carbocycles. The van der Waals surface area contributed by atoms with Crippen LogP contribution in [0.1, 0.15) is 37.0 Å². The van der Waals surface area contributed by atoms with E-state index in [1.54, 1.807) is 0 Å². The SMILES string of the molecule is CCC(N)(CC)CNS(=O)(=O)c1cc(C(=O)OC)co1. The van der Waals surface area contributed by atoms with Gasteiger partial charge in [0.15, 0.2) is 0 Å². The summed E-state index contributed by atoms with van der Waals surface area (Å²) in [5.41, 5.74) is 5.46. The second-order valence-electron chi connectivity index (χ2n) is 4.54. The molecule has 0 aliphatic heterocycles. The van der Waals surface area contributed by atoms with Crippen molar-refractivity contribution < 1.29 is 22.4 Å². The quantitative estimate of drug-likeness (QED) is 0.723. The highest BCUT2D eigenvalue weighted by molar-refractivity contribution is 7.89. The third-order valence-corrected chi connectivity index (χ3v) is 4.55. The molecule has 7 nitrogen and oxygen atoms in total. The van der Waals surface area contributed by atoms with E-state index < -0.39 is 21.5 Å². The molecule has 0 fully saturated rings. The molecule has 0 atom stereocenters. The lowest BCUT2D eigenvalue weighted by Gasteiger charge is -2.26. The number of carbonyl (C=O) groups excluding carboxylic acids is 1. The molecule has 1 rings (SSSR count). The van der Waals surface area contributed by atoms with Crippen molar-refractivity contribution in [2.45, 2.75) is 37.3 Å². The van der Waals surface area contributed by atoms with Crippen LogP contribution in [-0.2, 0) is 14.8 Å². The number of rotatable bonds is 7. The number of esters is 1. The van der Waals surface area contributed by atoms with E-state index in [-0.39, 0.29) is 17.2 Å². The van der Waals surface area contributed by atoms with E-state index in [2.05, 4.69) is 9.46 Å². The second kappa shape index (κ2) is 6.38. The van der Waals surface area contributed by atoms with Crippen LogP contribution in [0.25, 0.3) is 0 Å². The Hall–Kier alpha value is -1.38. The van der Waals surface area contributed by atoms with Crippen molar-refractivity contribution in [3.8, 4) is 0 Å². The van der Waals surface area contributed by atoms with E-state index >= 15 is 0 Å². The molecule has 1 aromatic rings. The summed E-state index contributed by atoms with van der Waals surface area (Å²) in [6, 6.07) is 1.12. The van der Waals surface area contributed by atoms with Crippen LogP contribution in [0.4, 0.5) is 0 Å². The van der Waals surface area contributed by atoms with Gasteiger partial charge < -0.3 is 14.9 Å². The van der Waals surface area contributed by atoms with Crippen LogP contribution in [0.2, 0.25) is 0 Å². The summed E-state index contributed by atoms with van der Waals surface area (Å²) in [6.07, 6.45) is 2.31. The zero-order chi connectivity index (χ0) is 15.4. The van der Waals surface area contributed by atoms with Crippen LogP contribution < -0.4 is 10.5 Å². The maximum atomic E-state index is 12.0. The molecule has 0 unspecified atom stereocenters. The van der Waals surface area contributed by atoms with Crippen LogP contribution in [0.15, 0.2) is 21.8 Å². The number of furan rings is 1. The molecule has 0 radical (unpaired) electrons. The largest absolute Gasteiger partial charge is 0.465 e. The predicted molar refractivity (Wildman–Crippen MR) is 72.7 cm³/mol. The highest BCUT2D eigenvalue weighted by Crippen LogP contribution is 2.16. The lowest BCUT2D eigenvalue weighted by Crippen LogP contribution is -2.49. The Morgan fingerprint density at radius 1 is 1.45 bits per heavy atom. The first kappa shape index (κ1) is 16.7. The number of nitrogens with two attached hydrogens (primary N) is 1. The number of sulfonamides is 1. The summed E-state index contributed by atoms with van der Waals surface area (Å²) in [6.45, 7) is 3.87. The van der Waals surface area contributed by atoms with Crippen LogP contribution in [0, 0.1) is 0 Å². The zero-order valence-corrected chi connectivity index (χ0v) is 12.6. The van der Waals surface area contributed by atoms with Crippen molar-refractivity contribution >= 4 is 16.0 Å². The van der Waals surface area contributed by atoms with Crippen LogP contribution >= 0.6 is 0 Å². The van der Waals surface area contributed by atoms with Crippen LogP contribution in [0.3, 0.4) is 0 Å². The number of hydrogen-bond donors (Lipinski definition) is 2. The van der Waals surface area contributed by atoms with E-state index in [1.165, 1.54) is 7.11 Å². The summed E-state index contributed by atoms with van der Waals surface area (Å²) >= 11 is 0. The Kier molecular flexibility index (Phi) is 5.32. The van der Waals surface area contributed by atoms with Crippen LogP contribution in [0.5, 0.6) is 0 Å². The van der Waals surface area contributed by atoms with Gasteiger partial charge in [-0.25, -0.2) is 17.9 Å². The Bertz CT molecular complexity index is 560. The van der Waals surface area contributed by atoms with Crippen LogP contribution in [-0.4, -0.2) is 33.6 Å². The summed E-state index contributed by atoms with van der Waals surface area (Å²) in [4.78, 5) is 11.2. The van der Waals surface area contributed by atoms with Crippen molar-refractivity contribution in [1.29, 1.82) is 0 Å². The number of carbonyl (C=O) groups is 1. The van der Waals surface area contributed by atoms with Gasteiger partial charge in [-0.1, -0.05) is 13.8 Å². The minimum atomic E-state index is -3.84. The van der Waals surface area contributed by atoms with Crippen molar-refractivity contribution in [3.63, 3.8) is 0 Å². The van der Waals surface area contributed by atoms with Crippen molar-refractivity contribution in [2.24, 2.45) is 5.73 Å². The summed E-state index contributed by atoms with van der Waals surface area (Å²) in [5.74, 6) is -0.662. The average molecular weight is 304 g/mol. The lowest BCUT2D eigenvalue weighted by atomic mass is 9.95. The van der Waals surface area contributed by atoms with Crippen molar-refractivity contribution in [3.05, 3.63) is 17.9 Å². The topological polar surface area (TPSA) is 112 Å². The van der Waals surface area contributed by atoms with Gasteiger partial charge >= 0.3 is 5.97 Å². The normalized spacial score (nSPS) is 12.4. The molecule has 0 aliphatic rings. The Labute approximate surface area is 118 Å². The van der Waals surface area contributed by atoms with E-state index in [4.69, 9.17) is 10.2 Å². The molecule has 0 amide bonds. The molecular formula is C12H20N2O5S. The van der Waals surface area contributed by atoms with E-state index in [0.29, 0.717) is 12.8 Å². The van der Waals surface area contributed by atoms with E-state index in [1.807, 2.05) is 13.8 Å². The lowest BCUT2D eigenvalue weighted by molar-refractivity contribution is 0.0600.